The monoisotopic (exact) mass is 356 g/mol. The van der Waals surface area contributed by atoms with Crippen LogP contribution < -0.4 is 0 Å². The summed E-state index contributed by atoms with van der Waals surface area (Å²) in [5.74, 6) is -1.47. The van der Waals surface area contributed by atoms with E-state index in [4.69, 9.17) is 21.4 Å². The first-order valence-electron chi connectivity index (χ1n) is 6.99. The number of morpholine rings is 1. The van der Waals surface area contributed by atoms with E-state index in [-0.39, 0.29) is 16.8 Å². The highest BCUT2D eigenvalue weighted by Gasteiger charge is 2.23. The van der Waals surface area contributed by atoms with E-state index in [0.717, 1.165) is 17.1 Å². The Labute approximate surface area is 141 Å². The van der Waals surface area contributed by atoms with Gasteiger partial charge in [0, 0.05) is 18.5 Å². The van der Waals surface area contributed by atoms with Gasteiger partial charge in [0.2, 0.25) is 0 Å². The summed E-state index contributed by atoms with van der Waals surface area (Å²) in [7, 11) is 0. The Hall–Kier alpha value is -1.54. The third kappa shape index (κ3) is 3.87. The summed E-state index contributed by atoms with van der Waals surface area (Å²) in [6.45, 7) is 2.45. The molecule has 1 saturated heterocycles. The minimum atomic E-state index is -1.02. The summed E-state index contributed by atoms with van der Waals surface area (Å²) in [6, 6.07) is 4.58. The molecule has 0 aliphatic carbocycles. The van der Waals surface area contributed by atoms with Crippen molar-refractivity contribution >= 4 is 28.9 Å². The summed E-state index contributed by atoms with van der Waals surface area (Å²) in [5.41, 5.74) is 0.895. The number of hydrogen-bond donors (Lipinski definition) is 1. The molecule has 3 rings (SSSR count). The Morgan fingerprint density at radius 2 is 2.39 bits per heavy atom. The SMILES string of the molecule is O=C(O)c1csc(CN2CCOC(c3ccc(F)c(Cl)c3)C2)n1. The number of aromatic nitrogens is 1. The molecule has 5 nitrogen and oxygen atoms in total. The van der Waals surface area contributed by atoms with Gasteiger partial charge < -0.3 is 9.84 Å². The third-order valence-electron chi connectivity index (χ3n) is 3.60. The minimum Gasteiger partial charge on any atom is -0.476 e. The molecular weight excluding hydrogens is 343 g/mol. The number of benzene rings is 1. The maximum absolute atomic E-state index is 13.3. The standard InChI is InChI=1S/C15H14ClFN2O3S/c16-10-5-9(1-2-11(10)17)13-6-19(3-4-22-13)7-14-18-12(8-23-14)15(20)21/h1-2,5,8,13H,3-4,6-7H2,(H,20,21). The van der Waals surface area contributed by atoms with Crippen molar-refractivity contribution in [2.45, 2.75) is 12.6 Å². The largest absolute Gasteiger partial charge is 0.476 e. The first-order chi connectivity index (χ1) is 11.0. The molecule has 1 unspecified atom stereocenters. The molecule has 0 bridgehead atoms. The van der Waals surface area contributed by atoms with Crippen LogP contribution in [0.4, 0.5) is 4.39 Å². The van der Waals surface area contributed by atoms with Crippen molar-refractivity contribution in [2.24, 2.45) is 0 Å². The van der Waals surface area contributed by atoms with Crippen molar-refractivity contribution in [1.82, 2.24) is 9.88 Å². The minimum absolute atomic E-state index is 0.0696. The van der Waals surface area contributed by atoms with Gasteiger partial charge in [-0.2, -0.15) is 0 Å². The highest BCUT2D eigenvalue weighted by molar-refractivity contribution is 7.09. The van der Waals surface area contributed by atoms with Gasteiger partial charge in [0.1, 0.15) is 10.8 Å². The fourth-order valence-electron chi connectivity index (χ4n) is 2.43. The van der Waals surface area contributed by atoms with Gasteiger partial charge in [-0.05, 0) is 17.7 Å². The van der Waals surface area contributed by atoms with E-state index in [1.807, 2.05) is 0 Å². The van der Waals surface area contributed by atoms with Gasteiger partial charge in [-0.3, -0.25) is 4.90 Å². The molecule has 23 heavy (non-hydrogen) atoms. The van der Waals surface area contributed by atoms with Crippen molar-refractivity contribution in [3.05, 3.63) is 50.7 Å². The highest BCUT2D eigenvalue weighted by atomic mass is 35.5. The van der Waals surface area contributed by atoms with Gasteiger partial charge in [-0.25, -0.2) is 14.2 Å². The number of nitrogens with zero attached hydrogens (tertiary/aromatic N) is 2. The first kappa shape index (κ1) is 16.3. The van der Waals surface area contributed by atoms with Crippen LogP contribution in [-0.4, -0.2) is 40.7 Å². The van der Waals surface area contributed by atoms with Crippen molar-refractivity contribution in [1.29, 1.82) is 0 Å². The number of hydrogen-bond acceptors (Lipinski definition) is 5. The predicted octanol–water partition coefficient (Wildman–Crippen LogP) is 3.21. The summed E-state index contributed by atoms with van der Waals surface area (Å²) >= 11 is 7.15. The molecule has 0 saturated carbocycles. The Morgan fingerprint density at radius 1 is 1.57 bits per heavy atom. The van der Waals surface area contributed by atoms with Crippen LogP contribution in [0.15, 0.2) is 23.6 Å². The van der Waals surface area contributed by atoms with E-state index in [1.165, 1.54) is 22.8 Å². The van der Waals surface area contributed by atoms with Gasteiger partial charge in [0.15, 0.2) is 5.69 Å². The maximum Gasteiger partial charge on any atom is 0.355 e. The Bertz CT molecular complexity index is 724. The van der Waals surface area contributed by atoms with Crippen molar-refractivity contribution in [3.63, 3.8) is 0 Å². The molecule has 1 aromatic carbocycles. The van der Waals surface area contributed by atoms with Gasteiger partial charge in [-0.15, -0.1) is 11.3 Å². The van der Waals surface area contributed by atoms with Gasteiger partial charge in [0.25, 0.3) is 0 Å². The van der Waals surface area contributed by atoms with Crippen molar-refractivity contribution in [3.8, 4) is 0 Å². The van der Waals surface area contributed by atoms with Crippen LogP contribution in [0.2, 0.25) is 5.02 Å². The lowest BCUT2D eigenvalue weighted by Gasteiger charge is -2.32. The Kier molecular flexibility index (Phi) is 4.91. The van der Waals surface area contributed by atoms with Gasteiger partial charge in [-0.1, -0.05) is 17.7 Å². The lowest BCUT2D eigenvalue weighted by Crippen LogP contribution is -2.37. The molecule has 8 heteroatoms. The zero-order valence-corrected chi connectivity index (χ0v) is 13.6. The molecule has 2 aromatic rings. The number of carboxylic acids is 1. The van der Waals surface area contributed by atoms with Crippen LogP contribution in [-0.2, 0) is 11.3 Å². The highest BCUT2D eigenvalue weighted by Crippen LogP contribution is 2.27. The van der Waals surface area contributed by atoms with Crippen LogP contribution in [0.25, 0.3) is 0 Å². The number of halogens is 2. The van der Waals surface area contributed by atoms with E-state index in [9.17, 15) is 9.18 Å². The summed E-state index contributed by atoms with van der Waals surface area (Å²) in [4.78, 5) is 17.1. The molecular formula is C15H14ClFN2O3S. The predicted molar refractivity (Wildman–Crippen MR) is 84.5 cm³/mol. The maximum atomic E-state index is 13.3. The average molecular weight is 357 g/mol. The number of rotatable bonds is 4. The number of thiazole rings is 1. The number of carboxylic acid groups (broad SMARTS) is 1. The molecule has 0 amide bonds. The molecule has 1 aliphatic heterocycles. The fraction of sp³-hybridized carbons (Fsp3) is 0.333. The molecule has 0 radical (unpaired) electrons. The summed E-state index contributed by atoms with van der Waals surface area (Å²) in [5, 5.41) is 11.3. The zero-order chi connectivity index (χ0) is 16.4. The summed E-state index contributed by atoms with van der Waals surface area (Å²) < 4.78 is 19.0. The second-order valence-electron chi connectivity index (χ2n) is 5.20. The second kappa shape index (κ2) is 6.92. The number of carbonyl (C=O) groups is 1. The molecule has 0 spiro atoms. The quantitative estimate of drug-likeness (QED) is 0.911. The third-order valence-corrected chi connectivity index (χ3v) is 4.72. The Morgan fingerprint density at radius 3 is 3.09 bits per heavy atom. The van der Waals surface area contributed by atoms with Crippen LogP contribution in [0.5, 0.6) is 0 Å². The molecule has 1 aromatic heterocycles. The van der Waals surface area contributed by atoms with Gasteiger partial charge >= 0.3 is 5.97 Å². The lowest BCUT2D eigenvalue weighted by molar-refractivity contribution is -0.0329. The van der Waals surface area contributed by atoms with E-state index in [0.29, 0.717) is 19.7 Å². The molecule has 1 fully saturated rings. The van der Waals surface area contributed by atoms with Crippen molar-refractivity contribution in [2.75, 3.05) is 19.7 Å². The topological polar surface area (TPSA) is 62.7 Å². The summed E-state index contributed by atoms with van der Waals surface area (Å²) in [6.07, 6.45) is -0.194. The molecule has 1 aliphatic rings. The van der Waals surface area contributed by atoms with Crippen LogP contribution in [0.1, 0.15) is 27.2 Å². The van der Waals surface area contributed by atoms with E-state index in [2.05, 4.69) is 9.88 Å². The lowest BCUT2D eigenvalue weighted by atomic mass is 10.1. The molecule has 1 atom stereocenters. The van der Waals surface area contributed by atoms with Gasteiger partial charge in [0.05, 0.1) is 24.3 Å². The smallest absolute Gasteiger partial charge is 0.355 e. The Balaban J connectivity index is 1.67. The fourth-order valence-corrected chi connectivity index (χ4v) is 3.43. The molecule has 2 heterocycles. The number of aromatic carboxylic acids is 1. The van der Waals surface area contributed by atoms with E-state index in [1.54, 1.807) is 12.1 Å². The molecule has 1 N–H and O–H groups in total. The number of ether oxygens (including phenoxy) is 1. The molecule has 122 valence electrons. The zero-order valence-electron chi connectivity index (χ0n) is 12.0. The average Bonchev–Trinajstić information content (AvgIpc) is 2.99. The first-order valence-corrected chi connectivity index (χ1v) is 8.25. The van der Waals surface area contributed by atoms with E-state index >= 15 is 0 Å². The normalized spacial score (nSPS) is 19.0. The van der Waals surface area contributed by atoms with E-state index < -0.39 is 11.8 Å². The van der Waals surface area contributed by atoms with Crippen LogP contribution in [0.3, 0.4) is 0 Å². The second-order valence-corrected chi connectivity index (χ2v) is 6.55. The van der Waals surface area contributed by atoms with Crippen LogP contribution >= 0.6 is 22.9 Å². The van der Waals surface area contributed by atoms with Crippen molar-refractivity contribution < 1.29 is 19.0 Å². The van der Waals surface area contributed by atoms with Crippen LogP contribution in [0, 0.1) is 5.82 Å².